The molecule has 0 aromatic carbocycles. The van der Waals surface area contributed by atoms with E-state index in [2.05, 4.69) is 11.5 Å². The molecule has 0 bridgehead atoms. The maximum Gasteiger partial charge on any atom is 0.309 e. The third-order valence-corrected chi connectivity index (χ3v) is 0. The third-order valence-electron chi connectivity index (χ3n) is 0. The van der Waals surface area contributed by atoms with Crippen LogP contribution in [0.4, 0.5) is 4.79 Å². The van der Waals surface area contributed by atoms with Crippen LogP contribution in [0.15, 0.2) is 0 Å². The molecule has 7 heteroatoms. The van der Waals surface area contributed by atoms with Gasteiger partial charge in [0.15, 0.2) is 0 Å². The lowest BCUT2D eigenvalue weighted by atomic mass is 11.2. The van der Waals surface area contributed by atoms with Gasteiger partial charge < -0.3 is 22.3 Å². The van der Waals surface area contributed by atoms with E-state index < -0.39 is 6.03 Å². The van der Waals surface area contributed by atoms with Gasteiger partial charge in [0.25, 0.3) is 0 Å². The molecular weight excluding hydrogens is 140 g/mol. The lowest BCUT2D eigenvalue weighted by Crippen LogP contribution is -2.18. The largest absolute Gasteiger partial charge is 0.724 e. The second-order valence-electron chi connectivity index (χ2n) is 0.585. The number of nitrogens with zero attached hydrogens (tertiary/aromatic N) is 2. The highest BCUT2D eigenvalue weighted by atomic mass is 16.2. The Morgan fingerprint density at radius 2 is 1.10 bits per heavy atom. The fourth-order valence-corrected chi connectivity index (χ4v) is 0. The van der Waals surface area contributed by atoms with Crippen molar-refractivity contribution in [1.29, 1.82) is 0 Å². The summed E-state index contributed by atoms with van der Waals surface area (Å²) >= 11 is 0. The van der Waals surface area contributed by atoms with Crippen LogP contribution in [-0.4, -0.2) is 18.2 Å². The zero-order chi connectivity index (χ0) is 8.99. The minimum absolute atomic E-state index is 0.500. The molecule has 0 aromatic heterocycles. The van der Waals surface area contributed by atoms with Crippen molar-refractivity contribution >= 4 is 18.2 Å². The van der Waals surface area contributed by atoms with E-state index in [0.29, 0.717) is 12.2 Å². The van der Waals surface area contributed by atoms with Gasteiger partial charge in [-0.2, -0.15) is 0 Å². The summed E-state index contributed by atoms with van der Waals surface area (Å²) in [5, 5.41) is 13.5. The molecule has 56 valence electrons. The fraction of sp³-hybridized carbons (Fsp3) is 0. The number of carbonyl (C=O) groups excluding carboxylic acids is 3. The SMILES string of the molecule is NC(N)=O.[N-]=C=O.[N-]=C=O. The second-order valence-corrected chi connectivity index (χ2v) is 0.585. The number of hydrogen-bond acceptors (Lipinski definition) is 3. The van der Waals surface area contributed by atoms with E-state index in [0.717, 1.165) is 0 Å². The molecule has 10 heavy (non-hydrogen) atoms. The lowest BCUT2D eigenvalue weighted by Gasteiger charge is -1.62. The zero-order valence-corrected chi connectivity index (χ0v) is 4.77. The Labute approximate surface area is 56.0 Å². The van der Waals surface area contributed by atoms with Gasteiger partial charge in [0.2, 0.25) is 0 Å². The van der Waals surface area contributed by atoms with Crippen molar-refractivity contribution in [2.75, 3.05) is 0 Å². The molecular formula is C3H4N4O3-2. The Balaban J connectivity index is -0.0000000750. The molecule has 0 aliphatic rings. The molecule has 2 amide bonds. The standard InChI is InChI=1S/CH4N2O.2CNO/c2-1(3)4;2*2-1-3/h(H4,2,3,4);;/q;2*-1. The van der Waals surface area contributed by atoms with Gasteiger partial charge >= 0.3 is 6.03 Å². The van der Waals surface area contributed by atoms with Gasteiger partial charge in [0.05, 0.1) is 0 Å². The molecule has 0 aliphatic carbocycles. The van der Waals surface area contributed by atoms with E-state index in [1.807, 2.05) is 0 Å². The predicted octanol–water partition coefficient (Wildman–Crippen LogP) is -1.19. The highest BCUT2D eigenvalue weighted by Crippen LogP contribution is 1.25. The number of primary amides is 2. The molecule has 0 fully saturated rings. The molecule has 0 aromatic rings. The first-order valence-electron chi connectivity index (χ1n) is 1.64. The topological polar surface area (TPSA) is 148 Å². The molecule has 4 N–H and O–H groups in total. The number of rotatable bonds is 0. The smallest absolute Gasteiger partial charge is 0.309 e. The summed E-state index contributed by atoms with van der Waals surface area (Å²) in [5.41, 5.74) is 8.50. The van der Waals surface area contributed by atoms with Crippen LogP contribution >= 0.6 is 0 Å². The number of amides is 2. The molecule has 7 nitrogen and oxygen atoms in total. The first kappa shape index (κ1) is 15.7. The van der Waals surface area contributed by atoms with Gasteiger partial charge in [0, 0.05) is 0 Å². The van der Waals surface area contributed by atoms with Crippen LogP contribution in [0.5, 0.6) is 0 Å². The number of carbonyl (C=O) groups is 1. The highest BCUT2D eigenvalue weighted by molar-refractivity contribution is 5.69. The number of urea groups is 1. The second kappa shape index (κ2) is 27.8. The Hall–Kier alpha value is -1.97. The summed E-state index contributed by atoms with van der Waals surface area (Å²) in [7, 11) is 0. The number of nitrogens with two attached hydrogens (primary N) is 2. The van der Waals surface area contributed by atoms with Crippen LogP contribution in [0.25, 0.3) is 10.8 Å². The van der Waals surface area contributed by atoms with Crippen molar-refractivity contribution in [2.45, 2.75) is 0 Å². The lowest BCUT2D eigenvalue weighted by molar-refractivity contribution is 0.256. The van der Waals surface area contributed by atoms with Gasteiger partial charge in [-0.15, -0.1) is 0 Å². The van der Waals surface area contributed by atoms with Crippen LogP contribution in [0.2, 0.25) is 0 Å². The molecule has 0 saturated carbocycles. The van der Waals surface area contributed by atoms with Gasteiger partial charge in [0.1, 0.15) is 0 Å². The molecule has 0 aliphatic heterocycles. The predicted molar refractivity (Wildman–Crippen MR) is 31.9 cm³/mol. The Kier molecular flexibility index (Phi) is 43.7. The quantitative estimate of drug-likeness (QED) is 0.325. The van der Waals surface area contributed by atoms with Crippen LogP contribution < -0.4 is 11.5 Å². The van der Waals surface area contributed by atoms with Gasteiger partial charge in [-0.25, -0.2) is 4.79 Å². The average molecular weight is 144 g/mol. The van der Waals surface area contributed by atoms with Crippen molar-refractivity contribution in [3.05, 3.63) is 10.8 Å². The maximum absolute atomic E-state index is 9.00. The summed E-state index contributed by atoms with van der Waals surface area (Å²) in [6, 6.07) is -0.833. The Morgan fingerprint density at radius 3 is 1.10 bits per heavy atom. The monoisotopic (exact) mass is 144 g/mol. The normalized spacial score (nSPS) is 4.00. The first-order chi connectivity index (χ1) is 4.56. The zero-order valence-electron chi connectivity index (χ0n) is 4.77. The molecule has 0 rings (SSSR count). The molecule has 0 unspecified atom stereocenters. The van der Waals surface area contributed by atoms with Crippen LogP contribution in [-0.2, 0) is 9.59 Å². The van der Waals surface area contributed by atoms with E-state index in [1.165, 1.54) is 0 Å². The molecule has 0 spiro atoms. The number of isocyanates is 2. The minimum Gasteiger partial charge on any atom is -0.724 e. The summed E-state index contributed by atoms with van der Waals surface area (Å²) in [5.74, 6) is 0. The van der Waals surface area contributed by atoms with Crippen LogP contribution in [0, 0.1) is 0 Å². The van der Waals surface area contributed by atoms with E-state index >= 15 is 0 Å². The third kappa shape index (κ3) is 39.3. The van der Waals surface area contributed by atoms with E-state index in [-0.39, 0.29) is 0 Å². The van der Waals surface area contributed by atoms with Gasteiger partial charge in [-0.1, -0.05) is 0 Å². The minimum atomic E-state index is -0.833. The van der Waals surface area contributed by atoms with E-state index in [4.69, 9.17) is 25.2 Å². The highest BCUT2D eigenvalue weighted by Gasteiger charge is 1.60. The molecule has 0 saturated heterocycles. The van der Waals surface area contributed by atoms with Crippen molar-refractivity contribution < 1.29 is 14.4 Å². The maximum atomic E-state index is 9.00. The molecule has 0 heterocycles. The van der Waals surface area contributed by atoms with E-state index in [9.17, 15) is 0 Å². The Morgan fingerprint density at radius 1 is 1.10 bits per heavy atom. The van der Waals surface area contributed by atoms with Crippen molar-refractivity contribution in [1.82, 2.24) is 0 Å². The van der Waals surface area contributed by atoms with Gasteiger partial charge in [-0.05, 0) is 12.2 Å². The summed E-state index contributed by atoms with van der Waals surface area (Å²) in [6.07, 6.45) is 1.00. The fourth-order valence-electron chi connectivity index (χ4n) is 0. The molecule has 0 atom stereocenters. The van der Waals surface area contributed by atoms with Crippen molar-refractivity contribution in [2.24, 2.45) is 11.5 Å². The van der Waals surface area contributed by atoms with Gasteiger partial charge in [-0.3, -0.25) is 9.59 Å². The van der Waals surface area contributed by atoms with Crippen LogP contribution in [0.3, 0.4) is 0 Å². The van der Waals surface area contributed by atoms with Crippen molar-refractivity contribution in [3.63, 3.8) is 0 Å². The first-order valence-corrected chi connectivity index (χ1v) is 1.64. The van der Waals surface area contributed by atoms with Crippen LogP contribution in [0.1, 0.15) is 0 Å². The summed E-state index contributed by atoms with van der Waals surface area (Å²) in [4.78, 5) is 25.5. The molecule has 0 radical (unpaired) electrons. The summed E-state index contributed by atoms with van der Waals surface area (Å²) < 4.78 is 0. The Bertz CT molecular complexity index is 126. The number of hydrogen-bond donors (Lipinski definition) is 2. The van der Waals surface area contributed by atoms with E-state index in [1.54, 1.807) is 0 Å². The summed E-state index contributed by atoms with van der Waals surface area (Å²) in [6.45, 7) is 0. The average Bonchev–Trinajstić information content (AvgIpc) is 1.65. The van der Waals surface area contributed by atoms with Crippen molar-refractivity contribution in [3.8, 4) is 0 Å².